The highest BCUT2D eigenvalue weighted by Gasteiger charge is 2.07. The zero-order valence-corrected chi connectivity index (χ0v) is 11.3. The van der Waals surface area contributed by atoms with Crippen molar-refractivity contribution < 1.29 is 22.5 Å². The van der Waals surface area contributed by atoms with Crippen molar-refractivity contribution in [3.8, 4) is 0 Å². The highest BCUT2D eigenvalue weighted by Crippen LogP contribution is 1.92. The molecule has 0 heterocycles. The van der Waals surface area contributed by atoms with Crippen molar-refractivity contribution in [2.75, 3.05) is 25.4 Å². The Bertz CT molecular complexity index is 322. The van der Waals surface area contributed by atoms with Gasteiger partial charge in [-0.2, -0.15) is 8.42 Å². The second-order valence-corrected chi connectivity index (χ2v) is 4.73. The number of carbonyl (C=O) groups excluding carboxylic acids is 1. The molecule has 0 aromatic rings. The molecule has 0 aromatic carbocycles. The summed E-state index contributed by atoms with van der Waals surface area (Å²) in [6, 6.07) is 0. The average molecular weight is 267 g/mol. The topological polar surface area (TPSA) is 92.7 Å². The molecule has 6 nitrogen and oxygen atoms in total. The third-order valence-electron chi connectivity index (χ3n) is 1.42. The monoisotopic (exact) mass is 267 g/mol. The van der Waals surface area contributed by atoms with E-state index in [1.165, 1.54) is 6.92 Å². The molecule has 0 radical (unpaired) electrons. The van der Waals surface area contributed by atoms with Crippen molar-refractivity contribution in [1.82, 2.24) is 5.32 Å². The summed E-state index contributed by atoms with van der Waals surface area (Å²) >= 11 is 0. The Labute approximate surface area is 103 Å². The van der Waals surface area contributed by atoms with Gasteiger partial charge in [-0.25, -0.2) is 4.79 Å². The highest BCUT2D eigenvalue weighted by molar-refractivity contribution is 7.85. The molecule has 0 spiro atoms. The van der Waals surface area contributed by atoms with Crippen LogP contribution < -0.4 is 5.32 Å². The summed E-state index contributed by atoms with van der Waals surface area (Å²) in [7, 11) is -4.05. The zero-order valence-electron chi connectivity index (χ0n) is 10.5. The van der Waals surface area contributed by atoms with Gasteiger partial charge < -0.3 is 10.1 Å². The Morgan fingerprint density at radius 3 is 2.06 bits per heavy atom. The van der Waals surface area contributed by atoms with Gasteiger partial charge in [-0.1, -0.05) is 20.4 Å². The van der Waals surface area contributed by atoms with Crippen molar-refractivity contribution in [3.05, 3.63) is 12.2 Å². The van der Waals surface area contributed by atoms with E-state index in [1.807, 2.05) is 0 Å². The first kappa shape index (κ1) is 18.4. The summed E-state index contributed by atoms with van der Waals surface area (Å²) in [4.78, 5) is 10.6. The summed E-state index contributed by atoms with van der Waals surface area (Å²) in [5.41, 5.74) is 0.185. The average Bonchev–Trinajstić information content (AvgIpc) is 2.17. The fourth-order valence-electron chi connectivity index (χ4n) is 0.613. The predicted octanol–water partition coefficient (Wildman–Crippen LogP) is 0.609. The third-order valence-corrected chi connectivity index (χ3v) is 2.11. The number of hydrogen-bond acceptors (Lipinski definition) is 5. The van der Waals surface area contributed by atoms with Crippen LogP contribution in [-0.4, -0.2) is 44.4 Å². The molecule has 7 heteroatoms. The molecule has 102 valence electrons. The van der Waals surface area contributed by atoms with E-state index < -0.39 is 21.8 Å². The van der Waals surface area contributed by atoms with E-state index in [0.717, 1.165) is 13.1 Å². The predicted molar refractivity (Wildman–Crippen MR) is 66.4 cm³/mol. The number of esters is 1. The zero-order chi connectivity index (χ0) is 13.9. The van der Waals surface area contributed by atoms with Crippen LogP contribution in [0.15, 0.2) is 12.2 Å². The van der Waals surface area contributed by atoms with Crippen LogP contribution in [0, 0.1) is 0 Å². The first-order valence-electron chi connectivity index (χ1n) is 5.23. The minimum Gasteiger partial charge on any atom is -0.461 e. The van der Waals surface area contributed by atoms with Gasteiger partial charge >= 0.3 is 5.97 Å². The molecule has 0 aliphatic heterocycles. The molecule has 0 amide bonds. The smallest absolute Gasteiger partial charge is 0.333 e. The normalized spacial score (nSPS) is 10.1. The molecule has 0 saturated heterocycles. The lowest BCUT2D eigenvalue weighted by atomic mass is 10.4. The van der Waals surface area contributed by atoms with Crippen molar-refractivity contribution in [2.24, 2.45) is 0 Å². The molecule has 0 unspecified atom stereocenters. The first-order chi connectivity index (χ1) is 7.74. The Hall–Kier alpha value is -0.920. The van der Waals surface area contributed by atoms with Gasteiger partial charge in [0.15, 0.2) is 0 Å². The van der Waals surface area contributed by atoms with Crippen molar-refractivity contribution >= 4 is 16.1 Å². The Morgan fingerprint density at radius 2 is 1.82 bits per heavy atom. The molecule has 0 aromatic heterocycles. The van der Waals surface area contributed by atoms with Crippen LogP contribution in [0.3, 0.4) is 0 Å². The van der Waals surface area contributed by atoms with E-state index in [1.54, 1.807) is 0 Å². The Morgan fingerprint density at radius 1 is 1.35 bits per heavy atom. The van der Waals surface area contributed by atoms with Crippen LogP contribution in [0.5, 0.6) is 0 Å². The van der Waals surface area contributed by atoms with E-state index in [9.17, 15) is 13.2 Å². The number of nitrogens with one attached hydrogen (secondary N) is 1. The fourth-order valence-corrected chi connectivity index (χ4v) is 0.907. The molecule has 0 aliphatic rings. The maximum Gasteiger partial charge on any atom is 0.333 e. The number of hydrogen-bond donors (Lipinski definition) is 2. The highest BCUT2D eigenvalue weighted by atomic mass is 32.2. The van der Waals surface area contributed by atoms with Gasteiger partial charge in [-0.15, -0.1) is 0 Å². The van der Waals surface area contributed by atoms with Gasteiger partial charge in [0.25, 0.3) is 10.1 Å². The van der Waals surface area contributed by atoms with Gasteiger partial charge in [-0.3, -0.25) is 4.55 Å². The summed E-state index contributed by atoms with van der Waals surface area (Å²) in [6.45, 7) is 10.8. The van der Waals surface area contributed by atoms with Crippen LogP contribution in [0.1, 0.15) is 20.8 Å². The number of rotatable bonds is 6. The molecular weight excluding hydrogens is 246 g/mol. The van der Waals surface area contributed by atoms with E-state index >= 15 is 0 Å². The Kier molecular flexibility index (Phi) is 11.1. The van der Waals surface area contributed by atoms with Gasteiger partial charge in [0.1, 0.15) is 12.4 Å². The molecule has 17 heavy (non-hydrogen) atoms. The fraction of sp³-hybridized carbons (Fsp3) is 0.700. The number of ether oxygens (including phenoxy) is 1. The quantitative estimate of drug-likeness (QED) is 0.416. The van der Waals surface area contributed by atoms with Gasteiger partial charge in [-0.05, 0) is 20.0 Å². The van der Waals surface area contributed by atoms with Gasteiger partial charge in [0.2, 0.25) is 0 Å². The summed E-state index contributed by atoms with van der Waals surface area (Å²) < 4.78 is 32.9. The number of carbonyl (C=O) groups is 1. The molecular formula is C10H21NO5S. The van der Waals surface area contributed by atoms with Crippen LogP contribution in [0.4, 0.5) is 0 Å². The van der Waals surface area contributed by atoms with Crippen LogP contribution in [-0.2, 0) is 19.6 Å². The summed E-state index contributed by atoms with van der Waals surface area (Å²) in [6.07, 6.45) is 0. The van der Waals surface area contributed by atoms with Crippen molar-refractivity contribution in [3.63, 3.8) is 0 Å². The maximum atomic E-state index is 10.6. The standard InChI is InChI=1S/C6H10O5S.C4H11N/c1-5(2)6(7)11-3-4-12(8,9)10;1-3-5-4-2/h1,3-4H2,2H3,(H,8,9,10);5H,3-4H2,1-2H3. The van der Waals surface area contributed by atoms with Crippen LogP contribution in [0.2, 0.25) is 0 Å². The molecule has 0 atom stereocenters. The lowest BCUT2D eigenvalue weighted by molar-refractivity contribution is -0.138. The van der Waals surface area contributed by atoms with E-state index in [-0.39, 0.29) is 12.2 Å². The lowest BCUT2D eigenvalue weighted by Crippen LogP contribution is -2.14. The minimum atomic E-state index is -4.05. The summed E-state index contributed by atoms with van der Waals surface area (Å²) in [5, 5.41) is 3.11. The van der Waals surface area contributed by atoms with Crippen molar-refractivity contribution in [1.29, 1.82) is 0 Å². The molecule has 0 aliphatic carbocycles. The summed E-state index contributed by atoms with van der Waals surface area (Å²) in [5.74, 6) is -1.26. The van der Waals surface area contributed by atoms with Crippen LogP contribution in [0.25, 0.3) is 0 Å². The van der Waals surface area contributed by atoms with Crippen LogP contribution >= 0.6 is 0 Å². The molecule has 2 N–H and O–H groups in total. The largest absolute Gasteiger partial charge is 0.461 e. The molecule has 0 saturated carbocycles. The second-order valence-electron chi connectivity index (χ2n) is 3.16. The van der Waals surface area contributed by atoms with Gasteiger partial charge in [0.05, 0.1) is 0 Å². The second kappa shape index (κ2) is 10.2. The molecule has 0 rings (SSSR count). The van der Waals surface area contributed by atoms with E-state index in [2.05, 4.69) is 30.5 Å². The molecule has 0 bridgehead atoms. The van der Waals surface area contributed by atoms with Crippen molar-refractivity contribution in [2.45, 2.75) is 20.8 Å². The SMILES string of the molecule is C=C(C)C(=O)OCCS(=O)(=O)O.CCNCC. The van der Waals surface area contributed by atoms with E-state index in [4.69, 9.17) is 4.55 Å². The lowest BCUT2D eigenvalue weighted by Gasteiger charge is -2.01. The first-order valence-corrected chi connectivity index (χ1v) is 6.84. The van der Waals surface area contributed by atoms with E-state index in [0.29, 0.717) is 0 Å². The Balaban J connectivity index is 0. The minimum absolute atomic E-state index is 0.185. The molecule has 0 fully saturated rings. The maximum absolute atomic E-state index is 10.6. The van der Waals surface area contributed by atoms with Gasteiger partial charge in [0, 0.05) is 5.57 Å². The third kappa shape index (κ3) is 17.7.